The van der Waals surface area contributed by atoms with Gasteiger partial charge < -0.3 is 0 Å². The molecule has 0 aliphatic rings. The minimum atomic E-state index is -0.353. The van der Waals surface area contributed by atoms with E-state index in [0.29, 0.717) is 21.2 Å². The van der Waals surface area contributed by atoms with Gasteiger partial charge in [-0.2, -0.15) is 5.10 Å². The van der Waals surface area contributed by atoms with Crippen molar-refractivity contribution in [3.05, 3.63) is 49.8 Å². The van der Waals surface area contributed by atoms with E-state index in [1.165, 1.54) is 6.07 Å². The van der Waals surface area contributed by atoms with Gasteiger partial charge in [0.2, 0.25) is 0 Å². The fraction of sp³-hybridized carbons (Fsp3) is 0. The predicted octanol–water partition coefficient (Wildman–Crippen LogP) is 3.40. The molecule has 0 amide bonds. The van der Waals surface area contributed by atoms with E-state index in [4.69, 9.17) is 34.8 Å². The van der Waals surface area contributed by atoms with Crippen LogP contribution in [0.5, 0.6) is 0 Å². The molecule has 0 aliphatic carbocycles. The number of aromatic amines is 1. The van der Waals surface area contributed by atoms with Crippen molar-refractivity contribution in [3.63, 3.8) is 0 Å². The molecule has 0 bridgehead atoms. The molecule has 0 atom stereocenters. The maximum Gasteiger partial charge on any atom is 0.272 e. The monoisotopic (exact) mass is 274 g/mol. The van der Waals surface area contributed by atoms with Crippen molar-refractivity contribution in [2.24, 2.45) is 0 Å². The fourth-order valence-electron chi connectivity index (χ4n) is 1.29. The zero-order chi connectivity index (χ0) is 11.7. The zero-order valence-electron chi connectivity index (χ0n) is 7.80. The van der Waals surface area contributed by atoms with Crippen molar-refractivity contribution >= 4 is 34.8 Å². The van der Waals surface area contributed by atoms with Gasteiger partial charge in [0.25, 0.3) is 5.56 Å². The lowest BCUT2D eigenvalue weighted by Crippen LogP contribution is -2.10. The highest BCUT2D eigenvalue weighted by atomic mass is 35.5. The molecule has 1 N–H and O–H groups in total. The standard InChI is InChI=1S/C10H5Cl3N2O/c11-5-1-2-6(8(12)3-5)7-4-9(13)14-15-10(7)16/h1-4H,(H,15,16). The second-order valence-electron chi connectivity index (χ2n) is 3.06. The van der Waals surface area contributed by atoms with Gasteiger partial charge in [-0.15, -0.1) is 0 Å². The molecule has 0 fully saturated rings. The average Bonchev–Trinajstić information content (AvgIpc) is 2.22. The molecule has 82 valence electrons. The highest BCUT2D eigenvalue weighted by Gasteiger charge is 2.09. The summed E-state index contributed by atoms with van der Waals surface area (Å²) in [4.78, 5) is 11.5. The Morgan fingerprint density at radius 2 is 1.81 bits per heavy atom. The van der Waals surface area contributed by atoms with E-state index < -0.39 is 0 Å². The van der Waals surface area contributed by atoms with E-state index in [0.717, 1.165) is 0 Å². The van der Waals surface area contributed by atoms with E-state index in [1.54, 1.807) is 18.2 Å². The SMILES string of the molecule is O=c1[nH]nc(Cl)cc1-c1ccc(Cl)cc1Cl. The van der Waals surface area contributed by atoms with Gasteiger partial charge in [-0.3, -0.25) is 4.79 Å². The molecule has 6 heteroatoms. The first-order chi connectivity index (χ1) is 7.58. The Balaban J connectivity index is 2.67. The van der Waals surface area contributed by atoms with Crippen molar-refractivity contribution in [2.75, 3.05) is 0 Å². The van der Waals surface area contributed by atoms with Crippen LogP contribution in [0.2, 0.25) is 15.2 Å². The highest BCUT2D eigenvalue weighted by molar-refractivity contribution is 6.36. The Bertz CT molecular complexity index is 595. The normalized spacial score (nSPS) is 10.4. The summed E-state index contributed by atoms with van der Waals surface area (Å²) in [5, 5.41) is 6.94. The lowest BCUT2D eigenvalue weighted by atomic mass is 10.1. The lowest BCUT2D eigenvalue weighted by Gasteiger charge is -2.03. The van der Waals surface area contributed by atoms with Gasteiger partial charge >= 0.3 is 0 Å². The van der Waals surface area contributed by atoms with Crippen molar-refractivity contribution in [1.82, 2.24) is 10.2 Å². The second-order valence-corrected chi connectivity index (χ2v) is 4.29. The van der Waals surface area contributed by atoms with Gasteiger partial charge in [0, 0.05) is 10.6 Å². The van der Waals surface area contributed by atoms with Crippen LogP contribution in [0.1, 0.15) is 0 Å². The van der Waals surface area contributed by atoms with E-state index in [2.05, 4.69) is 10.2 Å². The molecule has 2 aromatic rings. The van der Waals surface area contributed by atoms with Crippen molar-refractivity contribution in [1.29, 1.82) is 0 Å². The van der Waals surface area contributed by atoms with Crippen LogP contribution in [-0.4, -0.2) is 10.2 Å². The maximum absolute atomic E-state index is 11.5. The molecule has 0 radical (unpaired) electrons. The molecule has 0 saturated heterocycles. The highest BCUT2D eigenvalue weighted by Crippen LogP contribution is 2.28. The van der Waals surface area contributed by atoms with Crippen molar-refractivity contribution < 1.29 is 0 Å². The smallest absolute Gasteiger partial charge is 0.267 e. The molecule has 16 heavy (non-hydrogen) atoms. The van der Waals surface area contributed by atoms with Gasteiger partial charge in [-0.25, -0.2) is 5.10 Å². The third-order valence-corrected chi connectivity index (χ3v) is 2.74. The molecule has 0 unspecified atom stereocenters. The summed E-state index contributed by atoms with van der Waals surface area (Å²) < 4.78 is 0. The first-order valence-corrected chi connectivity index (χ1v) is 5.42. The minimum absolute atomic E-state index is 0.195. The Morgan fingerprint density at radius 1 is 1.06 bits per heavy atom. The summed E-state index contributed by atoms with van der Waals surface area (Å²) in [5.41, 5.74) is 0.576. The number of hydrogen-bond donors (Lipinski definition) is 1. The fourth-order valence-corrected chi connectivity index (χ4v) is 1.95. The topological polar surface area (TPSA) is 45.8 Å². The Kier molecular flexibility index (Phi) is 3.19. The molecule has 1 aromatic carbocycles. The van der Waals surface area contributed by atoms with E-state index in [9.17, 15) is 4.79 Å². The van der Waals surface area contributed by atoms with E-state index in [-0.39, 0.29) is 10.7 Å². The third kappa shape index (κ3) is 2.21. The molecule has 0 saturated carbocycles. The summed E-state index contributed by atoms with van der Waals surface area (Å²) in [6.07, 6.45) is 0. The van der Waals surface area contributed by atoms with Gasteiger partial charge in [0.15, 0.2) is 0 Å². The van der Waals surface area contributed by atoms with Crippen LogP contribution in [0.15, 0.2) is 29.1 Å². The molecule has 2 rings (SSSR count). The van der Waals surface area contributed by atoms with Gasteiger partial charge in [-0.05, 0) is 18.2 Å². The van der Waals surface area contributed by atoms with Gasteiger partial charge in [0.05, 0.1) is 10.6 Å². The predicted molar refractivity (Wildman–Crippen MR) is 65.3 cm³/mol. The summed E-state index contributed by atoms with van der Waals surface area (Å²) >= 11 is 17.5. The number of hydrogen-bond acceptors (Lipinski definition) is 2. The number of nitrogens with zero attached hydrogens (tertiary/aromatic N) is 1. The van der Waals surface area contributed by atoms with Crippen LogP contribution in [0.25, 0.3) is 11.1 Å². The number of aromatic nitrogens is 2. The molecule has 1 aromatic heterocycles. The molecular formula is C10H5Cl3N2O. The van der Waals surface area contributed by atoms with Crippen molar-refractivity contribution in [3.8, 4) is 11.1 Å². The summed E-state index contributed by atoms with van der Waals surface area (Å²) in [6.45, 7) is 0. The van der Waals surface area contributed by atoms with E-state index >= 15 is 0 Å². The van der Waals surface area contributed by atoms with Crippen LogP contribution in [0.3, 0.4) is 0 Å². The average molecular weight is 276 g/mol. The quantitative estimate of drug-likeness (QED) is 0.867. The second kappa shape index (κ2) is 4.45. The molecule has 1 heterocycles. The van der Waals surface area contributed by atoms with Crippen molar-refractivity contribution in [2.45, 2.75) is 0 Å². The first-order valence-electron chi connectivity index (χ1n) is 4.28. The first kappa shape index (κ1) is 11.5. The van der Waals surface area contributed by atoms with Crippen LogP contribution in [0, 0.1) is 0 Å². The Hall–Kier alpha value is -1.03. The maximum atomic E-state index is 11.5. The van der Waals surface area contributed by atoms with Crippen LogP contribution in [-0.2, 0) is 0 Å². The van der Waals surface area contributed by atoms with Crippen LogP contribution in [0.4, 0.5) is 0 Å². The van der Waals surface area contributed by atoms with Gasteiger partial charge in [-0.1, -0.05) is 40.9 Å². The number of benzene rings is 1. The molecule has 0 spiro atoms. The van der Waals surface area contributed by atoms with Crippen LogP contribution >= 0.6 is 34.8 Å². The summed E-state index contributed by atoms with van der Waals surface area (Å²) in [6, 6.07) is 6.32. The molecule has 0 aliphatic heterocycles. The Labute approximate surface area is 106 Å². The minimum Gasteiger partial charge on any atom is -0.267 e. The zero-order valence-corrected chi connectivity index (χ0v) is 10.1. The molecule has 3 nitrogen and oxygen atoms in total. The largest absolute Gasteiger partial charge is 0.272 e. The number of nitrogens with one attached hydrogen (secondary N) is 1. The number of rotatable bonds is 1. The van der Waals surface area contributed by atoms with Gasteiger partial charge in [0.1, 0.15) is 5.15 Å². The van der Waals surface area contributed by atoms with E-state index in [1.807, 2.05) is 0 Å². The lowest BCUT2D eigenvalue weighted by molar-refractivity contribution is 0.992. The summed E-state index contributed by atoms with van der Waals surface area (Å²) in [7, 11) is 0. The van der Waals surface area contributed by atoms with Crippen LogP contribution < -0.4 is 5.56 Å². The number of halogens is 3. The Morgan fingerprint density at radius 3 is 2.50 bits per heavy atom. The number of H-pyrrole nitrogens is 1. The molecular weight excluding hydrogens is 270 g/mol. The summed E-state index contributed by atoms with van der Waals surface area (Å²) in [5.74, 6) is 0. The third-order valence-electron chi connectivity index (χ3n) is 1.99.